The second-order valence-electron chi connectivity index (χ2n) is 3.55. The average molecular weight is 243 g/mol. The van der Waals surface area contributed by atoms with E-state index in [9.17, 15) is 0 Å². The Kier molecular flexibility index (Phi) is 3.43. The van der Waals surface area contributed by atoms with E-state index in [-0.39, 0.29) is 5.84 Å². The van der Waals surface area contributed by atoms with Gasteiger partial charge in [-0.25, -0.2) is 4.98 Å². The number of nitrogens with two attached hydrogens (primary N) is 1. The SMILES string of the molecule is COc1cccc(Oc2ncccc2C(=N)N)c1. The van der Waals surface area contributed by atoms with E-state index >= 15 is 0 Å². The molecule has 0 spiro atoms. The number of methoxy groups -OCH3 is 1. The van der Waals surface area contributed by atoms with Crippen molar-refractivity contribution in [2.75, 3.05) is 7.11 Å². The molecule has 1 aromatic heterocycles. The zero-order chi connectivity index (χ0) is 13.0. The van der Waals surface area contributed by atoms with Crippen LogP contribution in [0.5, 0.6) is 17.4 Å². The molecule has 5 nitrogen and oxygen atoms in total. The Hall–Kier alpha value is -2.56. The van der Waals surface area contributed by atoms with Crippen molar-refractivity contribution in [2.24, 2.45) is 5.73 Å². The summed E-state index contributed by atoms with van der Waals surface area (Å²) < 4.78 is 10.7. The van der Waals surface area contributed by atoms with Crippen molar-refractivity contribution < 1.29 is 9.47 Å². The number of aromatic nitrogens is 1. The number of nitrogens with one attached hydrogen (secondary N) is 1. The summed E-state index contributed by atoms with van der Waals surface area (Å²) in [7, 11) is 1.58. The Labute approximate surface area is 105 Å². The van der Waals surface area contributed by atoms with E-state index in [4.69, 9.17) is 20.6 Å². The first-order chi connectivity index (χ1) is 8.70. The zero-order valence-electron chi connectivity index (χ0n) is 9.88. The fraction of sp³-hybridized carbons (Fsp3) is 0.0769. The minimum absolute atomic E-state index is 0.0824. The molecular formula is C13H13N3O2. The number of pyridine rings is 1. The quantitative estimate of drug-likeness (QED) is 0.637. The van der Waals surface area contributed by atoms with Crippen LogP contribution in [0.4, 0.5) is 0 Å². The maximum absolute atomic E-state index is 7.45. The first-order valence-electron chi connectivity index (χ1n) is 5.32. The van der Waals surface area contributed by atoms with Crippen molar-refractivity contribution in [3.63, 3.8) is 0 Å². The fourth-order valence-electron chi connectivity index (χ4n) is 1.45. The molecule has 0 atom stereocenters. The number of hydrogen-bond acceptors (Lipinski definition) is 4. The van der Waals surface area contributed by atoms with Crippen LogP contribution in [0.25, 0.3) is 0 Å². The maximum Gasteiger partial charge on any atom is 0.230 e. The van der Waals surface area contributed by atoms with Crippen molar-refractivity contribution in [3.05, 3.63) is 48.2 Å². The highest BCUT2D eigenvalue weighted by Crippen LogP contribution is 2.25. The van der Waals surface area contributed by atoms with Crippen LogP contribution in [0.1, 0.15) is 5.56 Å². The predicted molar refractivity (Wildman–Crippen MR) is 68.3 cm³/mol. The molecule has 0 saturated carbocycles. The van der Waals surface area contributed by atoms with Crippen LogP contribution in [0.2, 0.25) is 0 Å². The van der Waals surface area contributed by atoms with Gasteiger partial charge in [-0.2, -0.15) is 0 Å². The lowest BCUT2D eigenvalue weighted by atomic mass is 10.2. The number of benzene rings is 1. The molecule has 1 aromatic carbocycles. The van der Waals surface area contributed by atoms with Crippen molar-refractivity contribution in [2.45, 2.75) is 0 Å². The van der Waals surface area contributed by atoms with Gasteiger partial charge in [-0.3, -0.25) is 5.41 Å². The van der Waals surface area contributed by atoms with Gasteiger partial charge in [0.1, 0.15) is 17.3 Å². The lowest BCUT2D eigenvalue weighted by molar-refractivity contribution is 0.407. The Balaban J connectivity index is 2.31. The van der Waals surface area contributed by atoms with E-state index in [1.807, 2.05) is 12.1 Å². The number of amidine groups is 1. The molecular weight excluding hydrogens is 230 g/mol. The maximum atomic E-state index is 7.45. The number of nitrogen functional groups attached to an aromatic ring is 1. The summed E-state index contributed by atoms with van der Waals surface area (Å²) in [6, 6.07) is 10.5. The second kappa shape index (κ2) is 5.18. The van der Waals surface area contributed by atoms with Gasteiger partial charge in [0.15, 0.2) is 0 Å². The predicted octanol–water partition coefficient (Wildman–Crippen LogP) is 2.17. The molecule has 18 heavy (non-hydrogen) atoms. The monoisotopic (exact) mass is 243 g/mol. The van der Waals surface area contributed by atoms with Crippen molar-refractivity contribution in [3.8, 4) is 17.4 Å². The summed E-state index contributed by atoms with van der Waals surface area (Å²) in [6.07, 6.45) is 1.59. The fourth-order valence-corrected chi connectivity index (χ4v) is 1.45. The van der Waals surface area contributed by atoms with Crippen LogP contribution < -0.4 is 15.2 Å². The van der Waals surface area contributed by atoms with Gasteiger partial charge in [0.25, 0.3) is 0 Å². The first kappa shape index (κ1) is 11.9. The van der Waals surface area contributed by atoms with Gasteiger partial charge in [-0.1, -0.05) is 6.07 Å². The van der Waals surface area contributed by atoms with Crippen molar-refractivity contribution in [1.29, 1.82) is 5.41 Å². The van der Waals surface area contributed by atoms with Crippen LogP contribution in [0, 0.1) is 5.41 Å². The Morgan fingerprint density at radius 1 is 1.22 bits per heavy atom. The molecule has 0 aliphatic heterocycles. The second-order valence-corrected chi connectivity index (χ2v) is 3.55. The van der Waals surface area contributed by atoms with Crippen LogP contribution >= 0.6 is 0 Å². The summed E-state index contributed by atoms with van der Waals surface area (Å²) in [5.41, 5.74) is 5.92. The highest BCUT2D eigenvalue weighted by molar-refractivity contribution is 5.97. The average Bonchev–Trinajstić information content (AvgIpc) is 2.39. The van der Waals surface area contributed by atoms with Crippen LogP contribution in [0.3, 0.4) is 0 Å². The molecule has 0 fully saturated rings. The number of ether oxygens (including phenoxy) is 2. The minimum atomic E-state index is -0.0824. The molecule has 5 heteroatoms. The van der Waals surface area contributed by atoms with Gasteiger partial charge in [0, 0.05) is 12.3 Å². The molecule has 0 unspecified atom stereocenters. The third-order valence-corrected chi connectivity index (χ3v) is 2.32. The molecule has 0 bridgehead atoms. The molecule has 92 valence electrons. The van der Waals surface area contributed by atoms with E-state index in [1.165, 1.54) is 0 Å². The van der Waals surface area contributed by atoms with Gasteiger partial charge in [0.2, 0.25) is 5.88 Å². The third-order valence-electron chi connectivity index (χ3n) is 2.32. The van der Waals surface area contributed by atoms with Gasteiger partial charge < -0.3 is 15.2 Å². The summed E-state index contributed by atoms with van der Waals surface area (Å²) in [5, 5.41) is 7.45. The molecule has 0 aliphatic rings. The molecule has 0 amide bonds. The smallest absolute Gasteiger partial charge is 0.230 e. The molecule has 3 N–H and O–H groups in total. The van der Waals surface area contributed by atoms with Gasteiger partial charge in [-0.05, 0) is 24.3 Å². The highest BCUT2D eigenvalue weighted by atomic mass is 16.5. The van der Waals surface area contributed by atoms with Crippen LogP contribution in [-0.2, 0) is 0 Å². The minimum Gasteiger partial charge on any atom is -0.497 e. The van der Waals surface area contributed by atoms with Crippen molar-refractivity contribution in [1.82, 2.24) is 4.98 Å². The molecule has 2 rings (SSSR count). The van der Waals surface area contributed by atoms with Crippen molar-refractivity contribution >= 4 is 5.84 Å². The molecule has 0 radical (unpaired) electrons. The molecule has 1 heterocycles. The third kappa shape index (κ3) is 2.57. The topological polar surface area (TPSA) is 81.2 Å². The van der Waals surface area contributed by atoms with E-state index in [0.717, 1.165) is 0 Å². The Morgan fingerprint density at radius 3 is 2.72 bits per heavy atom. The highest BCUT2D eigenvalue weighted by Gasteiger charge is 2.08. The summed E-state index contributed by atoms with van der Waals surface area (Å²) in [5.74, 6) is 1.49. The number of hydrogen-bond donors (Lipinski definition) is 2. The van der Waals surface area contributed by atoms with E-state index in [2.05, 4.69) is 4.98 Å². The van der Waals surface area contributed by atoms with Gasteiger partial charge >= 0.3 is 0 Å². The summed E-state index contributed by atoms with van der Waals surface area (Å²) in [4.78, 5) is 4.07. The summed E-state index contributed by atoms with van der Waals surface area (Å²) >= 11 is 0. The normalized spacial score (nSPS) is 9.83. The lowest BCUT2D eigenvalue weighted by Gasteiger charge is -2.09. The van der Waals surface area contributed by atoms with E-state index in [0.29, 0.717) is 22.9 Å². The Bertz CT molecular complexity index is 570. The summed E-state index contributed by atoms with van der Waals surface area (Å²) in [6.45, 7) is 0. The standard InChI is InChI=1S/C13H13N3O2/c1-17-9-4-2-5-10(8-9)18-13-11(12(14)15)6-3-7-16-13/h2-8H,1H3,(H3,14,15). The first-order valence-corrected chi connectivity index (χ1v) is 5.32. The molecule has 0 saturated heterocycles. The van der Waals surface area contributed by atoms with Gasteiger partial charge in [-0.15, -0.1) is 0 Å². The van der Waals surface area contributed by atoms with Crippen LogP contribution in [0.15, 0.2) is 42.6 Å². The van der Waals surface area contributed by atoms with E-state index < -0.39 is 0 Å². The van der Waals surface area contributed by atoms with Gasteiger partial charge in [0.05, 0.1) is 12.7 Å². The number of rotatable bonds is 4. The Morgan fingerprint density at radius 2 is 2.00 bits per heavy atom. The lowest BCUT2D eigenvalue weighted by Crippen LogP contribution is -2.12. The molecule has 2 aromatic rings. The molecule has 0 aliphatic carbocycles. The zero-order valence-corrected chi connectivity index (χ0v) is 9.88. The van der Waals surface area contributed by atoms with E-state index in [1.54, 1.807) is 37.6 Å². The largest absolute Gasteiger partial charge is 0.497 e. The van der Waals surface area contributed by atoms with Crippen LogP contribution in [-0.4, -0.2) is 17.9 Å². The number of nitrogens with zero attached hydrogens (tertiary/aromatic N) is 1.